The molecule has 0 unspecified atom stereocenters. The molecule has 4 atom stereocenters. The lowest BCUT2D eigenvalue weighted by Gasteiger charge is -2.32. The molecule has 0 aliphatic carbocycles. The lowest BCUT2D eigenvalue weighted by atomic mass is 9.85. The quantitative estimate of drug-likeness (QED) is 0.320. The summed E-state index contributed by atoms with van der Waals surface area (Å²) < 4.78 is 14.4. The molecule has 3 aliphatic heterocycles. The third-order valence-electron chi connectivity index (χ3n) is 7.33. The van der Waals surface area contributed by atoms with Crippen molar-refractivity contribution >= 4 is 45.0 Å². The minimum Gasteiger partial charge on any atom is -0.359 e. The Bertz CT molecular complexity index is 1530. The second-order valence-corrected chi connectivity index (χ2v) is 10.3. The molecule has 3 aromatic carbocycles. The number of carbonyl (C=O) groups excluding carboxylic acids is 4. The molecule has 2 fully saturated rings. The van der Waals surface area contributed by atoms with Crippen LogP contribution in [0.4, 0.5) is 10.1 Å². The normalized spacial score (nSPS) is 23.8. The first-order valence-corrected chi connectivity index (χ1v) is 12.8. The molecule has 2 amide bonds. The molecule has 0 aromatic heterocycles. The largest absolute Gasteiger partial charge is 0.359 e. The third-order valence-corrected chi connectivity index (χ3v) is 7.86. The predicted molar refractivity (Wildman–Crippen MR) is 142 cm³/mol. The average Bonchev–Trinajstić information content (AvgIpc) is 3.41. The van der Waals surface area contributed by atoms with Gasteiger partial charge in [0.2, 0.25) is 11.8 Å². The highest BCUT2D eigenvalue weighted by atomic mass is 79.9. The van der Waals surface area contributed by atoms with E-state index in [9.17, 15) is 23.6 Å². The monoisotopic (exact) mass is 570 g/mol. The van der Waals surface area contributed by atoms with Crippen LogP contribution in [0, 0.1) is 17.7 Å². The standard InChI is InChI=1S/C30H20BrFN2O4/c31-20-8-6-18(7-9-20)28(36)26-25-24(29(37)34(30(25)38)22-12-10-21(32)11-13-22)23-16-19(14-15-33(23)26)27(35)17-4-2-1-3-5-17/h1-16,23-26H/t23-,24+,25+,26+/m1/s1. The maximum absolute atomic E-state index is 13.8. The van der Waals surface area contributed by atoms with Gasteiger partial charge in [-0.2, -0.15) is 0 Å². The van der Waals surface area contributed by atoms with Crippen LogP contribution in [0.2, 0.25) is 0 Å². The molecule has 0 radical (unpaired) electrons. The molecule has 3 aromatic rings. The number of rotatable bonds is 5. The smallest absolute Gasteiger partial charge is 0.240 e. The summed E-state index contributed by atoms with van der Waals surface area (Å²) in [6, 6.07) is 19.1. The molecule has 0 bridgehead atoms. The van der Waals surface area contributed by atoms with Crippen molar-refractivity contribution < 1.29 is 23.6 Å². The first-order chi connectivity index (χ1) is 18.3. The number of ketones is 2. The predicted octanol–water partition coefficient (Wildman–Crippen LogP) is 4.97. The molecular weight excluding hydrogens is 551 g/mol. The van der Waals surface area contributed by atoms with Crippen molar-refractivity contribution in [3.05, 3.63) is 124 Å². The summed E-state index contributed by atoms with van der Waals surface area (Å²) in [5.74, 6) is -3.87. The average molecular weight is 571 g/mol. The van der Waals surface area contributed by atoms with Crippen molar-refractivity contribution in [3.63, 3.8) is 0 Å². The van der Waals surface area contributed by atoms with E-state index in [2.05, 4.69) is 15.9 Å². The Kier molecular flexibility index (Phi) is 5.91. The number of hydrogen-bond acceptors (Lipinski definition) is 5. The Morgan fingerprint density at radius 1 is 0.789 bits per heavy atom. The zero-order chi connectivity index (χ0) is 26.6. The minimum absolute atomic E-state index is 0.215. The first kappa shape index (κ1) is 24.2. The molecule has 8 heteroatoms. The van der Waals surface area contributed by atoms with Gasteiger partial charge < -0.3 is 4.90 Å². The summed E-state index contributed by atoms with van der Waals surface area (Å²) in [5, 5.41) is 0. The number of amides is 2. The topological polar surface area (TPSA) is 74.8 Å². The summed E-state index contributed by atoms with van der Waals surface area (Å²) in [6.07, 6.45) is 4.95. The van der Waals surface area contributed by atoms with Crippen LogP contribution in [0.15, 0.2) is 107 Å². The van der Waals surface area contributed by atoms with Crippen LogP contribution < -0.4 is 4.90 Å². The van der Waals surface area contributed by atoms with Gasteiger partial charge in [0.1, 0.15) is 11.9 Å². The van der Waals surface area contributed by atoms with E-state index < -0.39 is 41.6 Å². The van der Waals surface area contributed by atoms with Crippen LogP contribution in [-0.2, 0) is 9.59 Å². The van der Waals surface area contributed by atoms with E-state index in [1.165, 1.54) is 24.3 Å². The van der Waals surface area contributed by atoms with E-state index in [1.807, 2.05) is 6.07 Å². The fourth-order valence-corrected chi connectivity index (χ4v) is 5.85. The molecule has 38 heavy (non-hydrogen) atoms. The number of Topliss-reactive ketones (excluding diaryl/α,β-unsaturated/α-hetero) is 2. The molecule has 3 aliphatic rings. The molecule has 6 rings (SSSR count). The number of halogens is 2. The number of imide groups is 1. The van der Waals surface area contributed by atoms with Gasteiger partial charge in [-0.05, 0) is 42.5 Å². The maximum Gasteiger partial charge on any atom is 0.240 e. The number of fused-ring (bicyclic) bond motifs is 3. The van der Waals surface area contributed by atoms with E-state index in [-0.39, 0.29) is 17.3 Å². The highest BCUT2D eigenvalue weighted by molar-refractivity contribution is 9.10. The van der Waals surface area contributed by atoms with Gasteiger partial charge in [-0.15, -0.1) is 0 Å². The van der Waals surface area contributed by atoms with Crippen molar-refractivity contribution in [1.82, 2.24) is 4.90 Å². The van der Waals surface area contributed by atoms with Gasteiger partial charge in [-0.1, -0.05) is 64.5 Å². The van der Waals surface area contributed by atoms with Crippen LogP contribution in [-0.4, -0.2) is 40.4 Å². The second kappa shape index (κ2) is 9.29. The first-order valence-electron chi connectivity index (χ1n) is 12.1. The van der Waals surface area contributed by atoms with E-state index in [0.717, 1.165) is 9.37 Å². The van der Waals surface area contributed by atoms with E-state index >= 15 is 0 Å². The summed E-state index contributed by atoms with van der Waals surface area (Å²) in [4.78, 5) is 57.3. The number of benzene rings is 3. The maximum atomic E-state index is 13.8. The molecule has 0 N–H and O–H groups in total. The van der Waals surface area contributed by atoms with Gasteiger partial charge in [0.05, 0.1) is 23.6 Å². The molecule has 2 saturated heterocycles. The Hall–Kier alpha value is -4.17. The van der Waals surface area contributed by atoms with Crippen LogP contribution >= 0.6 is 15.9 Å². The number of allylic oxidation sites excluding steroid dienone is 2. The van der Waals surface area contributed by atoms with Crippen LogP contribution in [0.1, 0.15) is 20.7 Å². The van der Waals surface area contributed by atoms with E-state index in [1.54, 1.807) is 71.8 Å². The summed E-state index contributed by atoms with van der Waals surface area (Å²) >= 11 is 3.37. The molecular formula is C30H20BrFN2O4. The van der Waals surface area contributed by atoms with Crippen LogP contribution in [0.3, 0.4) is 0 Å². The number of anilines is 1. The highest BCUT2D eigenvalue weighted by Gasteiger charge is 2.63. The number of carbonyl (C=O) groups is 4. The van der Waals surface area contributed by atoms with Crippen molar-refractivity contribution in [1.29, 1.82) is 0 Å². The Morgan fingerprint density at radius 2 is 1.45 bits per heavy atom. The van der Waals surface area contributed by atoms with Gasteiger partial charge in [-0.3, -0.25) is 19.2 Å². The molecule has 3 heterocycles. The second-order valence-electron chi connectivity index (χ2n) is 9.43. The number of hydrogen-bond donors (Lipinski definition) is 0. The SMILES string of the molecule is O=C(C1=C[C@@H]2[C@@H]3C(=O)N(c4ccc(F)cc4)C(=O)[C@@H]3[C@@H](C(=O)c3ccc(Br)cc3)N2C=C1)c1ccccc1. The Labute approximate surface area is 226 Å². The highest BCUT2D eigenvalue weighted by Crippen LogP contribution is 2.47. The van der Waals surface area contributed by atoms with Crippen LogP contribution in [0.25, 0.3) is 0 Å². The lowest BCUT2D eigenvalue weighted by molar-refractivity contribution is -0.123. The van der Waals surface area contributed by atoms with Crippen molar-refractivity contribution in [3.8, 4) is 0 Å². The van der Waals surface area contributed by atoms with Crippen molar-refractivity contribution in [2.75, 3.05) is 4.90 Å². The van der Waals surface area contributed by atoms with Crippen molar-refractivity contribution in [2.24, 2.45) is 11.8 Å². The lowest BCUT2D eigenvalue weighted by Crippen LogP contribution is -2.46. The zero-order valence-corrected chi connectivity index (χ0v) is 21.4. The third kappa shape index (κ3) is 3.83. The Balaban J connectivity index is 1.43. The molecule has 0 saturated carbocycles. The zero-order valence-electron chi connectivity index (χ0n) is 19.8. The van der Waals surface area contributed by atoms with Gasteiger partial charge in [0, 0.05) is 27.4 Å². The summed E-state index contributed by atoms with van der Waals surface area (Å²) in [6.45, 7) is 0. The Morgan fingerprint density at radius 3 is 2.13 bits per heavy atom. The van der Waals surface area contributed by atoms with Crippen LogP contribution in [0.5, 0.6) is 0 Å². The van der Waals surface area contributed by atoms with Crippen molar-refractivity contribution in [2.45, 2.75) is 12.1 Å². The minimum atomic E-state index is -0.972. The van der Waals surface area contributed by atoms with E-state index in [4.69, 9.17) is 0 Å². The van der Waals surface area contributed by atoms with Gasteiger partial charge >= 0.3 is 0 Å². The van der Waals surface area contributed by atoms with Gasteiger partial charge in [0.25, 0.3) is 0 Å². The molecule has 188 valence electrons. The summed E-state index contributed by atoms with van der Waals surface area (Å²) in [7, 11) is 0. The van der Waals surface area contributed by atoms with Gasteiger partial charge in [0.15, 0.2) is 11.6 Å². The fraction of sp³-hybridized carbons (Fsp3) is 0.133. The molecule has 0 spiro atoms. The summed E-state index contributed by atoms with van der Waals surface area (Å²) in [5.41, 5.74) is 1.53. The molecule has 6 nitrogen and oxygen atoms in total. The number of nitrogens with zero attached hydrogens (tertiary/aromatic N) is 2. The fourth-order valence-electron chi connectivity index (χ4n) is 5.58. The van der Waals surface area contributed by atoms with E-state index in [0.29, 0.717) is 16.7 Å². The van der Waals surface area contributed by atoms with Gasteiger partial charge in [-0.25, -0.2) is 9.29 Å².